The third-order valence-electron chi connectivity index (χ3n) is 1.76. The van der Waals surface area contributed by atoms with E-state index in [1.54, 1.807) is 6.92 Å². The highest BCUT2D eigenvalue weighted by Gasteiger charge is 2.28. The predicted molar refractivity (Wildman–Crippen MR) is 48.8 cm³/mol. The van der Waals surface area contributed by atoms with E-state index in [0.717, 1.165) is 6.08 Å². The van der Waals surface area contributed by atoms with E-state index >= 15 is 0 Å². The van der Waals surface area contributed by atoms with Crippen molar-refractivity contribution in [3.8, 4) is 0 Å². The van der Waals surface area contributed by atoms with Gasteiger partial charge in [0.05, 0.1) is 6.61 Å². The Kier molecular flexibility index (Phi) is 3.39. The Morgan fingerprint density at radius 3 is 3.00 bits per heavy atom. The summed E-state index contributed by atoms with van der Waals surface area (Å²) in [6, 6.07) is 0. The van der Waals surface area contributed by atoms with Crippen LogP contribution >= 0.6 is 0 Å². The van der Waals surface area contributed by atoms with Crippen molar-refractivity contribution < 1.29 is 19.2 Å². The van der Waals surface area contributed by atoms with Gasteiger partial charge in [-0.2, -0.15) is 0 Å². The number of Topliss-reactive ketones (excluding diaryl/α,β-unsaturated/α-hetero) is 1. The van der Waals surface area contributed by atoms with E-state index in [1.165, 1.54) is 0 Å². The Bertz CT molecular complexity index is 295. The summed E-state index contributed by atoms with van der Waals surface area (Å²) >= 11 is 0. The lowest BCUT2D eigenvalue weighted by Gasteiger charge is -2.06. The molecule has 1 aliphatic heterocycles. The molecule has 0 radical (unpaired) electrons. The van der Waals surface area contributed by atoms with E-state index in [1.807, 2.05) is 0 Å². The van der Waals surface area contributed by atoms with Crippen molar-refractivity contribution in [1.82, 2.24) is 0 Å². The first-order valence-electron chi connectivity index (χ1n) is 4.19. The minimum Gasteiger partial charge on any atom is -0.462 e. The molecule has 1 unspecified atom stereocenters. The second kappa shape index (κ2) is 4.55. The number of esters is 1. The van der Waals surface area contributed by atoms with Crippen LogP contribution in [0.5, 0.6) is 0 Å². The summed E-state index contributed by atoms with van der Waals surface area (Å²) in [5.74, 6) is -0.660. The molecule has 0 spiro atoms. The summed E-state index contributed by atoms with van der Waals surface area (Å²) in [6.45, 7) is 4.95. The van der Waals surface area contributed by atoms with Crippen LogP contribution in [0.2, 0.25) is 0 Å². The molecule has 1 rings (SSSR count). The fourth-order valence-corrected chi connectivity index (χ4v) is 0.978. The first-order chi connectivity index (χ1) is 6.65. The van der Waals surface area contributed by atoms with Crippen LogP contribution in [0, 0.1) is 0 Å². The molecule has 0 aliphatic carbocycles. The van der Waals surface area contributed by atoms with Gasteiger partial charge in [0, 0.05) is 12.5 Å². The zero-order valence-corrected chi connectivity index (χ0v) is 7.86. The number of rotatable bonds is 4. The van der Waals surface area contributed by atoms with Crippen molar-refractivity contribution >= 4 is 17.5 Å². The fraction of sp³-hybridized carbons (Fsp3) is 0.444. The second-order valence-corrected chi connectivity index (χ2v) is 2.80. The van der Waals surface area contributed by atoms with E-state index in [9.17, 15) is 9.59 Å². The Hall–Kier alpha value is -1.65. The number of hydrogen-bond donors (Lipinski definition) is 0. The largest absolute Gasteiger partial charge is 0.462 e. The van der Waals surface area contributed by atoms with Crippen molar-refractivity contribution in [3.05, 3.63) is 12.7 Å². The molecular formula is C9H11NO4. The van der Waals surface area contributed by atoms with Gasteiger partial charge in [-0.1, -0.05) is 11.7 Å². The molecule has 0 N–H and O–H groups in total. The summed E-state index contributed by atoms with van der Waals surface area (Å²) < 4.78 is 4.70. The van der Waals surface area contributed by atoms with Crippen molar-refractivity contribution in [2.45, 2.75) is 19.4 Å². The third-order valence-corrected chi connectivity index (χ3v) is 1.76. The first-order valence-corrected chi connectivity index (χ1v) is 4.19. The Labute approximate surface area is 81.4 Å². The lowest BCUT2D eigenvalue weighted by molar-refractivity contribution is -0.139. The lowest BCUT2D eigenvalue weighted by Crippen LogP contribution is -2.23. The summed E-state index contributed by atoms with van der Waals surface area (Å²) in [4.78, 5) is 26.7. The molecule has 0 aromatic heterocycles. The van der Waals surface area contributed by atoms with Crippen LogP contribution in [0.3, 0.4) is 0 Å². The van der Waals surface area contributed by atoms with Crippen LogP contribution in [0.25, 0.3) is 0 Å². The monoisotopic (exact) mass is 197 g/mol. The molecule has 14 heavy (non-hydrogen) atoms. The third kappa shape index (κ3) is 2.42. The maximum Gasteiger partial charge on any atom is 0.330 e. The van der Waals surface area contributed by atoms with Crippen molar-refractivity contribution in [2.75, 3.05) is 6.61 Å². The van der Waals surface area contributed by atoms with E-state index in [0.29, 0.717) is 12.1 Å². The van der Waals surface area contributed by atoms with E-state index in [-0.39, 0.29) is 12.4 Å². The SMILES string of the molecule is C=CC(=O)OCCC1ON=C(C)C1=O. The highest BCUT2D eigenvalue weighted by atomic mass is 16.6. The summed E-state index contributed by atoms with van der Waals surface area (Å²) in [7, 11) is 0. The summed E-state index contributed by atoms with van der Waals surface area (Å²) in [6.07, 6.45) is 0.783. The molecule has 76 valence electrons. The smallest absolute Gasteiger partial charge is 0.330 e. The molecular weight excluding hydrogens is 186 g/mol. The van der Waals surface area contributed by atoms with Crippen molar-refractivity contribution in [1.29, 1.82) is 0 Å². The fourth-order valence-electron chi connectivity index (χ4n) is 0.978. The zero-order valence-electron chi connectivity index (χ0n) is 7.86. The molecule has 1 heterocycles. The summed E-state index contributed by atoms with van der Waals surface area (Å²) in [5.41, 5.74) is 0.352. The maximum atomic E-state index is 11.2. The zero-order chi connectivity index (χ0) is 10.6. The Morgan fingerprint density at radius 1 is 1.79 bits per heavy atom. The van der Waals surface area contributed by atoms with Gasteiger partial charge in [0.25, 0.3) is 0 Å². The first kappa shape index (κ1) is 10.4. The van der Waals surface area contributed by atoms with Gasteiger partial charge in [0.1, 0.15) is 5.71 Å². The highest BCUT2D eigenvalue weighted by molar-refractivity contribution is 6.41. The Balaban J connectivity index is 2.24. The van der Waals surface area contributed by atoms with Gasteiger partial charge in [-0.15, -0.1) is 0 Å². The molecule has 0 amide bonds. The van der Waals surface area contributed by atoms with Gasteiger partial charge in [0.2, 0.25) is 5.78 Å². The number of carbonyl (C=O) groups is 2. The van der Waals surface area contributed by atoms with E-state index in [2.05, 4.69) is 11.7 Å². The summed E-state index contributed by atoms with van der Waals surface area (Å²) in [5, 5.41) is 3.52. The molecule has 5 heteroatoms. The second-order valence-electron chi connectivity index (χ2n) is 2.80. The highest BCUT2D eigenvalue weighted by Crippen LogP contribution is 2.10. The number of ether oxygens (including phenoxy) is 1. The molecule has 0 aromatic rings. The molecule has 0 saturated heterocycles. The van der Waals surface area contributed by atoms with Crippen LogP contribution < -0.4 is 0 Å². The van der Waals surface area contributed by atoms with Gasteiger partial charge < -0.3 is 9.57 Å². The number of ketones is 1. The van der Waals surface area contributed by atoms with Crippen LogP contribution in [-0.2, 0) is 19.2 Å². The number of nitrogens with zero attached hydrogens (tertiary/aromatic N) is 1. The average Bonchev–Trinajstić information content (AvgIpc) is 2.49. The maximum absolute atomic E-state index is 11.2. The van der Waals surface area contributed by atoms with Crippen LogP contribution in [0.15, 0.2) is 17.8 Å². The van der Waals surface area contributed by atoms with Crippen molar-refractivity contribution in [3.63, 3.8) is 0 Å². The van der Waals surface area contributed by atoms with Crippen LogP contribution in [0.1, 0.15) is 13.3 Å². The molecule has 0 bridgehead atoms. The minimum atomic E-state index is -0.604. The van der Waals surface area contributed by atoms with Gasteiger partial charge in [-0.25, -0.2) is 4.79 Å². The van der Waals surface area contributed by atoms with E-state index < -0.39 is 12.1 Å². The minimum absolute atomic E-state index is 0.129. The predicted octanol–water partition coefficient (Wildman–Crippen LogP) is 0.450. The molecule has 1 aliphatic rings. The molecule has 1 atom stereocenters. The van der Waals surface area contributed by atoms with Gasteiger partial charge in [0.15, 0.2) is 6.10 Å². The number of oxime groups is 1. The molecule has 0 aromatic carbocycles. The van der Waals surface area contributed by atoms with Gasteiger partial charge in [-0.05, 0) is 6.92 Å². The standard InChI is InChI=1S/C9H11NO4/c1-3-8(11)13-5-4-7-9(12)6(2)10-14-7/h3,7H,1,4-5H2,2H3. The number of hydrogen-bond acceptors (Lipinski definition) is 5. The molecule has 0 saturated carbocycles. The molecule has 0 fully saturated rings. The van der Waals surface area contributed by atoms with Gasteiger partial charge in [-0.3, -0.25) is 4.79 Å². The quantitative estimate of drug-likeness (QED) is 0.484. The average molecular weight is 197 g/mol. The van der Waals surface area contributed by atoms with Crippen LogP contribution in [-0.4, -0.2) is 30.2 Å². The van der Waals surface area contributed by atoms with Crippen molar-refractivity contribution in [2.24, 2.45) is 5.16 Å². The van der Waals surface area contributed by atoms with E-state index in [4.69, 9.17) is 9.57 Å². The number of carbonyl (C=O) groups excluding carboxylic acids is 2. The molecule has 5 nitrogen and oxygen atoms in total. The lowest BCUT2D eigenvalue weighted by atomic mass is 10.1. The van der Waals surface area contributed by atoms with Crippen LogP contribution in [0.4, 0.5) is 0 Å². The normalized spacial score (nSPS) is 19.9. The van der Waals surface area contributed by atoms with Gasteiger partial charge >= 0.3 is 5.97 Å². The Morgan fingerprint density at radius 2 is 2.50 bits per heavy atom. The topological polar surface area (TPSA) is 65.0 Å².